The molecule has 2 aliphatic rings. The van der Waals surface area contributed by atoms with Gasteiger partial charge >= 0.3 is 14.1 Å². The van der Waals surface area contributed by atoms with Crippen molar-refractivity contribution in [3.63, 3.8) is 0 Å². The Kier molecular flexibility index (Phi) is 6.42. The number of ether oxygens (including phenoxy) is 3. The molecule has 0 saturated carbocycles. The van der Waals surface area contributed by atoms with Crippen LogP contribution in [0, 0.1) is 0 Å². The fourth-order valence-electron chi connectivity index (χ4n) is 3.79. The second kappa shape index (κ2) is 8.85. The molecule has 4 rings (SSSR count). The van der Waals surface area contributed by atoms with E-state index in [1.165, 1.54) is 31.9 Å². The van der Waals surface area contributed by atoms with Gasteiger partial charge in [0, 0.05) is 0 Å². The lowest BCUT2D eigenvalue weighted by Gasteiger charge is -2.32. The Hall–Kier alpha value is -2.22. The molecule has 0 radical (unpaired) electrons. The average molecular weight is 489 g/mol. The quantitative estimate of drug-likeness (QED) is 0.375. The second-order valence-corrected chi connectivity index (χ2v) is 9.72. The first-order valence-corrected chi connectivity index (χ1v) is 11.9. The van der Waals surface area contributed by atoms with Crippen LogP contribution in [0.5, 0.6) is 5.88 Å². The van der Waals surface area contributed by atoms with Gasteiger partial charge in [-0.15, -0.1) is 5.09 Å². The summed E-state index contributed by atoms with van der Waals surface area (Å²) in [4.78, 5) is 35.0. The van der Waals surface area contributed by atoms with Crippen LogP contribution in [0.15, 0.2) is 6.33 Å². The third kappa shape index (κ3) is 4.34. The van der Waals surface area contributed by atoms with Crippen molar-refractivity contribution in [2.45, 2.75) is 57.3 Å². The van der Waals surface area contributed by atoms with Crippen molar-refractivity contribution < 1.29 is 37.3 Å². The molecule has 2 saturated heterocycles. The van der Waals surface area contributed by atoms with Crippen molar-refractivity contribution in [2.24, 2.45) is 0 Å². The Balaban J connectivity index is 1.61. The van der Waals surface area contributed by atoms with Crippen molar-refractivity contribution in [1.82, 2.24) is 24.6 Å². The number of nitrogens with one attached hydrogen (secondary N) is 1. The lowest BCUT2D eigenvalue weighted by Crippen LogP contribution is -2.49. The molecule has 15 heteroatoms. The van der Waals surface area contributed by atoms with Gasteiger partial charge in [0.25, 0.3) is 0 Å². The van der Waals surface area contributed by atoms with Crippen LogP contribution in [0.25, 0.3) is 11.2 Å². The zero-order valence-electron chi connectivity index (χ0n) is 18.6. The summed E-state index contributed by atoms with van der Waals surface area (Å²) in [6, 6.07) is -0.937. The number of fused-ring (bicyclic) bond motifs is 2. The Morgan fingerprint density at radius 3 is 3.00 bits per heavy atom. The minimum atomic E-state index is -3.78. The Morgan fingerprint density at radius 1 is 1.55 bits per heavy atom. The fourth-order valence-corrected chi connectivity index (χ4v) is 5.58. The summed E-state index contributed by atoms with van der Waals surface area (Å²) in [7, 11) is -2.57. The van der Waals surface area contributed by atoms with Crippen LogP contribution in [0.2, 0.25) is 0 Å². The summed E-state index contributed by atoms with van der Waals surface area (Å²) in [6.45, 7) is 4.92. The van der Waals surface area contributed by atoms with E-state index in [0.29, 0.717) is 12.1 Å². The first kappa shape index (κ1) is 23.9. The molecular weight excluding hydrogens is 462 g/mol. The van der Waals surface area contributed by atoms with Gasteiger partial charge in [0.15, 0.2) is 29.2 Å². The molecule has 2 aromatic heterocycles. The predicted octanol–water partition coefficient (Wildman–Crippen LogP) is 1.06. The summed E-state index contributed by atoms with van der Waals surface area (Å²) in [5.41, 5.74) is 4.22. The van der Waals surface area contributed by atoms with E-state index in [4.69, 9.17) is 24.3 Å². The summed E-state index contributed by atoms with van der Waals surface area (Å²) in [6.07, 6.45) is -1.17. The summed E-state index contributed by atoms with van der Waals surface area (Å²) >= 11 is 0. The average Bonchev–Trinajstić information content (AvgIpc) is 3.29. The minimum Gasteiger partial charge on any atom is -0.476 e. The highest BCUT2D eigenvalue weighted by Gasteiger charge is 2.66. The maximum absolute atomic E-state index is 16.1. The van der Waals surface area contributed by atoms with Crippen LogP contribution in [0.3, 0.4) is 0 Å². The number of anilines is 1. The fraction of sp³-hybridized carbons (Fsp3) is 0.667. The number of esters is 1. The van der Waals surface area contributed by atoms with Crippen molar-refractivity contribution in [3.8, 4) is 5.88 Å². The van der Waals surface area contributed by atoms with Crippen LogP contribution in [-0.2, 0) is 23.3 Å². The lowest BCUT2D eigenvalue weighted by molar-refractivity contribution is -0.142. The molecule has 13 nitrogen and oxygen atoms in total. The number of carbonyl (C=O) groups is 1. The van der Waals surface area contributed by atoms with Crippen molar-refractivity contribution in [1.29, 1.82) is 0 Å². The molecule has 0 aromatic carbocycles. The molecule has 182 valence electrons. The SMILES string of the molecule is CCCOc1nc(N)nc2c1ncn2[C@@H]1O[C@@H]2CO[P+](O)(NC(C)C(=O)OC)O[C@H]2[C@@]1(C)F. The van der Waals surface area contributed by atoms with Crippen molar-refractivity contribution in [2.75, 3.05) is 26.1 Å². The number of nitrogen functional groups attached to an aromatic ring is 1. The molecule has 0 spiro atoms. The maximum Gasteiger partial charge on any atom is 0.500 e. The second-order valence-electron chi connectivity index (χ2n) is 7.95. The largest absolute Gasteiger partial charge is 0.500 e. The van der Waals surface area contributed by atoms with Crippen molar-refractivity contribution in [3.05, 3.63) is 6.33 Å². The third-order valence-electron chi connectivity index (χ3n) is 5.36. The van der Waals surface area contributed by atoms with Gasteiger partial charge in [-0.05, 0) is 20.3 Å². The van der Waals surface area contributed by atoms with Gasteiger partial charge < -0.3 is 19.9 Å². The summed E-state index contributed by atoms with van der Waals surface area (Å²) < 4.78 is 44.7. The van der Waals surface area contributed by atoms with Gasteiger partial charge in [0.1, 0.15) is 18.8 Å². The number of imidazole rings is 1. The first-order valence-electron chi connectivity index (χ1n) is 10.4. The van der Waals surface area contributed by atoms with E-state index in [0.717, 1.165) is 6.42 Å². The number of aromatic nitrogens is 4. The van der Waals surface area contributed by atoms with Crippen molar-refractivity contribution >= 4 is 31.2 Å². The van der Waals surface area contributed by atoms with Crippen LogP contribution >= 0.6 is 8.09 Å². The molecule has 4 heterocycles. The predicted molar refractivity (Wildman–Crippen MR) is 114 cm³/mol. The number of hydrogen-bond acceptors (Lipinski definition) is 12. The zero-order chi connectivity index (χ0) is 24.0. The maximum atomic E-state index is 16.1. The molecule has 2 aliphatic heterocycles. The molecule has 0 amide bonds. The van der Waals surface area contributed by atoms with E-state index in [1.807, 2.05) is 6.92 Å². The first-order chi connectivity index (χ1) is 15.6. The molecule has 2 aromatic rings. The Morgan fingerprint density at radius 2 is 2.30 bits per heavy atom. The molecule has 0 aliphatic carbocycles. The summed E-state index contributed by atoms with van der Waals surface area (Å²) in [5.74, 6) is -0.508. The molecule has 33 heavy (non-hydrogen) atoms. The van der Waals surface area contributed by atoms with Gasteiger partial charge in [-0.2, -0.15) is 23.9 Å². The van der Waals surface area contributed by atoms with Gasteiger partial charge in [-0.1, -0.05) is 6.92 Å². The standard InChI is InChI=1S/C18H27FN6O7P/c1-5-6-29-14-11-13(22-17(20)23-14)25(8-21-11)16-18(3,19)12-10(31-16)7-30-33(27,32-12)24-9(2)15(26)28-4/h8-10,12,16,24,27H,5-7H2,1-4H3,(H2,20,22,23)/q+1/t9?,10-,12-,16-,18-,33?/m1/s1. The van der Waals surface area contributed by atoms with E-state index >= 15 is 4.39 Å². The molecule has 2 unspecified atom stereocenters. The van der Waals surface area contributed by atoms with E-state index in [-0.39, 0.29) is 24.1 Å². The Bertz CT molecular complexity index is 1040. The number of nitrogens with zero attached hydrogens (tertiary/aromatic N) is 4. The van der Waals surface area contributed by atoms with Gasteiger partial charge in [0.2, 0.25) is 11.8 Å². The number of halogens is 1. The van der Waals surface area contributed by atoms with Gasteiger partial charge in [-0.25, -0.2) is 9.37 Å². The van der Waals surface area contributed by atoms with Crippen LogP contribution in [-0.4, -0.2) is 74.6 Å². The normalized spacial score (nSPS) is 32.5. The molecule has 6 atom stereocenters. The van der Waals surface area contributed by atoms with E-state index in [9.17, 15) is 9.69 Å². The topological polar surface area (TPSA) is 165 Å². The van der Waals surface area contributed by atoms with E-state index in [2.05, 4.69) is 24.8 Å². The molecule has 0 bridgehead atoms. The smallest absolute Gasteiger partial charge is 0.476 e. The number of methoxy groups -OCH3 is 1. The number of rotatable bonds is 7. The highest BCUT2D eigenvalue weighted by molar-refractivity contribution is 7.58. The number of alkyl halides is 1. The Labute approximate surface area is 189 Å². The van der Waals surface area contributed by atoms with Crippen LogP contribution in [0.1, 0.15) is 33.4 Å². The van der Waals surface area contributed by atoms with Gasteiger partial charge in [-0.3, -0.25) is 9.36 Å². The minimum absolute atomic E-state index is 0.0628. The number of carbonyl (C=O) groups excluding carboxylic acids is 1. The molecule has 2 fully saturated rings. The highest BCUT2D eigenvalue weighted by Crippen LogP contribution is 2.62. The number of nitrogens with two attached hydrogens (primary N) is 1. The third-order valence-corrected chi connectivity index (χ3v) is 7.09. The van der Waals surface area contributed by atoms with Gasteiger partial charge in [0.05, 0.1) is 20.0 Å². The van der Waals surface area contributed by atoms with E-state index in [1.54, 1.807) is 0 Å². The van der Waals surface area contributed by atoms with Crippen LogP contribution < -0.4 is 15.6 Å². The molecule has 4 N–H and O–H groups in total. The van der Waals surface area contributed by atoms with Crippen LogP contribution in [0.4, 0.5) is 10.3 Å². The number of hydrogen-bond donors (Lipinski definition) is 3. The monoisotopic (exact) mass is 489 g/mol. The highest BCUT2D eigenvalue weighted by atomic mass is 31.2. The molecular formula is C18H27FN6O7P+. The lowest BCUT2D eigenvalue weighted by atomic mass is 9.98. The van der Waals surface area contributed by atoms with E-state index < -0.39 is 44.2 Å². The summed E-state index contributed by atoms with van der Waals surface area (Å²) in [5, 5.41) is 2.56. The zero-order valence-corrected chi connectivity index (χ0v) is 19.5.